The molecule has 0 saturated heterocycles. The maximum absolute atomic E-state index is 10.8. The summed E-state index contributed by atoms with van der Waals surface area (Å²) in [5.41, 5.74) is 6.12. The second kappa shape index (κ2) is 9.66. The van der Waals surface area contributed by atoms with Gasteiger partial charge in [0.2, 0.25) is 0 Å². The third kappa shape index (κ3) is 3.40. The van der Waals surface area contributed by atoms with E-state index in [2.05, 4.69) is 70.0 Å². The second-order valence-corrected chi connectivity index (χ2v) is 11.0. The third-order valence-corrected chi connectivity index (χ3v) is 8.74. The predicted octanol–water partition coefficient (Wildman–Crippen LogP) is 8.60. The van der Waals surface area contributed by atoms with Crippen LogP contribution in [0.4, 0.5) is 11.4 Å². The first-order chi connectivity index (χ1) is 21.6. The number of benzene rings is 6. The number of anilines is 2. The largest absolute Gasteiger partial charge is 0.282 e. The highest BCUT2D eigenvalue weighted by Gasteiger charge is 2.27. The van der Waals surface area contributed by atoms with E-state index in [-0.39, 0.29) is 0 Å². The van der Waals surface area contributed by atoms with Gasteiger partial charge in [0, 0.05) is 46.4 Å². The van der Waals surface area contributed by atoms with Crippen LogP contribution in [0, 0.1) is 22.7 Å². The Labute approximate surface area is 253 Å². The van der Waals surface area contributed by atoms with Crippen LogP contribution in [0.15, 0.2) is 121 Å². The van der Waals surface area contributed by atoms with Gasteiger partial charge in [0.1, 0.15) is 12.1 Å². The summed E-state index contributed by atoms with van der Waals surface area (Å²) in [5, 5.41) is 31.9. The van der Waals surface area contributed by atoms with E-state index < -0.39 is 0 Å². The van der Waals surface area contributed by atoms with Crippen molar-refractivity contribution < 1.29 is 0 Å². The van der Waals surface area contributed by atoms with Crippen molar-refractivity contribution in [1.82, 2.24) is 9.35 Å². The van der Waals surface area contributed by atoms with Gasteiger partial charge in [-0.3, -0.25) is 19.4 Å². The molecule has 6 heteroatoms. The lowest BCUT2D eigenvalue weighted by atomic mass is 9.96. The fourth-order valence-electron chi connectivity index (χ4n) is 6.94. The van der Waals surface area contributed by atoms with Gasteiger partial charge in [0.05, 0.1) is 44.6 Å². The minimum absolute atomic E-state index is 0.332. The Balaban J connectivity index is 1.45. The number of aromatic nitrogens is 2. The first kappa shape index (κ1) is 25.5. The van der Waals surface area contributed by atoms with Crippen LogP contribution < -0.4 is 10.0 Å². The van der Waals surface area contributed by atoms with Gasteiger partial charge in [-0.1, -0.05) is 97.1 Å². The number of para-hydroxylation sites is 4. The number of fused-ring (bicyclic) bond motifs is 7. The van der Waals surface area contributed by atoms with E-state index >= 15 is 0 Å². The molecule has 0 N–H and O–H groups in total. The molecular weight excluding hydrogens is 540 g/mol. The van der Waals surface area contributed by atoms with E-state index in [9.17, 15) is 10.5 Å². The molecule has 8 aromatic rings. The van der Waals surface area contributed by atoms with Crippen LogP contribution in [0.2, 0.25) is 0 Å². The first-order valence-electron chi connectivity index (χ1n) is 14.5. The molecule has 2 heterocycles. The summed E-state index contributed by atoms with van der Waals surface area (Å²) in [6.45, 7) is 0. The Kier molecular flexibility index (Phi) is 5.59. The highest BCUT2D eigenvalue weighted by Crippen LogP contribution is 2.43. The standard InChI is InChI=1S/C38H26N6/c1-41(43-33-19-9-5-13-25(33)26-14-6-10-20-34(26)43)37-29-17-3-4-18-30(29)38(32(24-40)31(37)23-39)42(2)44-35-21-11-7-15-27(35)28-16-8-12-22-36(28)44/h3-22H,1-2H3. The average Bonchev–Trinajstić information content (AvgIpc) is 3.59. The highest BCUT2D eigenvalue weighted by atomic mass is 15.5. The van der Waals surface area contributed by atoms with Crippen LogP contribution in [0.3, 0.4) is 0 Å². The predicted molar refractivity (Wildman–Crippen MR) is 180 cm³/mol. The Bertz CT molecular complexity index is 2240. The molecule has 0 unspecified atom stereocenters. The number of hydrogen-bond donors (Lipinski definition) is 0. The summed E-state index contributed by atoms with van der Waals surface area (Å²) in [7, 11) is 3.94. The second-order valence-electron chi connectivity index (χ2n) is 11.0. The van der Waals surface area contributed by atoms with Gasteiger partial charge in [-0.25, -0.2) is 0 Å². The lowest BCUT2D eigenvalue weighted by Gasteiger charge is -2.30. The Morgan fingerprint density at radius 1 is 0.409 bits per heavy atom. The lowest BCUT2D eigenvalue weighted by Crippen LogP contribution is -2.28. The molecule has 8 rings (SSSR count). The maximum Gasteiger partial charge on any atom is 0.103 e. The molecule has 6 nitrogen and oxygen atoms in total. The molecular formula is C38H26N6. The number of nitrogens with zero attached hydrogens (tertiary/aromatic N) is 6. The summed E-state index contributed by atoms with van der Waals surface area (Å²) in [6.07, 6.45) is 0. The first-order valence-corrected chi connectivity index (χ1v) is 14.5. The minimum atomic E-state index is 0.332. The fourth-order valence-corrected chi connectivity index (χ4v) is 6.94. The van der Waals surface area contributed by atoms with Crippen LogP contribution in [-0.2, 0) is 0 Å². The van der Waals surface area contributed by atoms with Gasteiger partial charge >= 0.3 is 0 Å². The molecule has 0 fully saturated rings. The Morgan fingerprint density at radius 3 is 0.932 bits per heavy atom. The van der Waals surface area contributed by atoms with Gasteiger partial charge in [-0.2, -0.15) is 10.5 Å². The molecule has 0 aliphatic heterocycles. The van der Waals surface area contributed by atoms with E-state index in [0.29, 0.717) is 22.5 Å². The van der Waals surface area contributed by atoms with Crippen molar-refractivity contribution in [2.24, 2.45) is 0 Å². The average molecular weight is 567 g/mol. The van der Waals surface area contributed by atoms with Crippen molar-refractivity contribution in [3.63, 3.8) is 0 Å². The summed E-state index contributed by atoms with van der Waals surface area (Å²) in [5.74, 6) is 0. The summed E-state index contributed by atoms with van der Waals surface area (Å²) in [4.78, 5) is 0. The summed E-state index contributed by atoms with van der Waals surface area (Å²) in [6, 6.07) is 46.1. The number of hydrogen-bond acceptors (Lipinski definition) is 4. The van der Waals surface area contributed by atoms with Gasteiger partial charge in [0.25, 0.3) is 0 Å². The summed E-state index contributed by atoms with van der Waals surface area (Å²) >= 11 is 0. The molecule has 0 aliphatic carbocycles. The Hall–Kier alpha value is -6.24. The lowest BCUT2D eigenvalue weighted by molar-refractivity contribution is 0.831. The SMILES string of the molecule is CN(c1c(C#N)c(C#N)c(N(C)n2c3ccccc3c3ccccc32)c2ccccc12)n1c2ccccc2c2ccccc21. The van der Waals surface area contributed by atoms with Gasteiger partial charge < -0.3 is 0 Å². The van der Waals surface area contributed by atoms with Gasteiger partial charge in [-0.15, -0.1) is 0 Å². The van der Waals surface area contributed by atoms with E-state index in [1.807, 2.05) is 96.9 Å². The van der Waals surface area contributed by atoms with E-state index in [4.69, 9.17) is 0 Å². The molecule has 0 saturated carbocycles. The van der Waals surface area contributed by atoms with Gasteiger partial charge in [0.15, 0.2) is 0 Å². The summed E-state index contributed by atoms with van der Waals surface area (Å²) < 4.78 is 4.29. The topological polar surface area (TPSA) is 63.9 Å². The highest BCUT2D eigenvalue weighted by molar-refractivity contribution is 6.12. The van der Waals surface area contributed by atoms with Crippen molar-refractivity contribution in [2.75, 3.05) is 24.1 Å². The van der Waals surface area contributed by atoms with Crippen molar-refractivity contribution >= 4 is 65.8 Å². The molecule has 6 aromatic carbocycles. The van der Waals surface area contributed by atoms with E-state index in [0.717, 1.165) is 54.4 Å². The molecule has 0 aliphatic rings. The number of rotatable bonds is 4. The molecule has 0 amide bonds. The third-order valence-electron chi connectivity index (χ3n) is 8.74. The molecule has 0 bridgehead atoms. The van der Waals surface area contributed by atoms with Crippen molar-refractivity contribution in [1.29, 1.82) is 10.5 Å². The smallest absolute Gasteiger partial charge is 0.103 e. The van der Waals surface area contributed by atoms with Crippen LogP contribution in [0.5, 0.6) is 0 Å². The van der Waals surface area contributed by atoms with Crippen LogP contribution >= 0.6 is 0 Å². The zero-order valence-corrected chi connectivity index (χ0v) is 24.2. The Morgan fingerprint density at radius 2 is 0.659 bits per heavy atom. The van der Waals surface area contributed by atoms with Crippen molar-refractivity contribution in [3.8, 4) is 12.1 Å². The molecule has 44 heavy (non-hydrogen) atoms. The zero-order valence-electron chi connectivity index (χ0n) is 24.2. The van der Waals surface area contributed by atoms with Crippen LogP contribution in [0.25, 0.3) is 54.4 Å². The van der Waals surface area contributed by atoms with E-state index in [1.54, 1.807) is 0 Å². The van der Waals surface area contributed by atoms with Crippen molar-refractivity contribution in [3.05, 3.63) is 132 Å². The minimum Gasteiger partial charge on any atom is -0.282 e. The van der Waals surface area contributed by atoms with Crippen LogP contribution in [0.1, 0.15) is 11.1 Å². The number of nitriles is 2. The molecule has 0 atom stereocenters. The van der Waals surface area contributed by atoms with E-state index in [1.165, 1.54) is 0 Å². The monoisotopic (exact) mass is 566 g/mol. The molecule has 0 spiro atoms. The molecule has 208 valence electrons. The van der Waals surface area contributed by atoms with Gasteiger partial charge in [-0.05, 0) is 24.3 Å². The van der Waals surface area contributed by atoms with Crippen LogP contribution in [-0.4, -0.2) is 23.4 Å². The zero-order chi connectivity index (χ0) is 29.9. The molecule has 2 aromatic heterocycles. The fraction of sp³-hybridized carbons (Fsp3) is 0.0526. The van der Waals surface area contributed by atoms with Crippen molar-refractivity contribution in [2.45, 2.75) is 0 Å². The maximum atomic E-state index is 10.8. The quantitative estimate of drug-likeness (QED) is 0.214. The molecule has 0 radical (unpaired) electrons. The normalized spacial score (nSPS) is 11.4.